The first-order chi connectivity index (χ1) is 9.70. The van der Waals surface area contributed by atoms with Gasteiger partial charge in [0.2, 0.25) is 0 Å². The number of rotatable bonds is 5. The molecule has 0 unspecified atom stereocenters. The van der Waals surface area contributed by atoms with Gasteiger partial charge in [-0.15, -0.1) is 0 Å². The van der Waals surface area contributed by atoms with Crippen LogP contribution in [-0.2, 0) is 12.8 Å². The van der Waals surface area contributed by atoms with Crippen molar-refractivity contribution in [2.75, 3.05) is 11.4 Å². The summed E-state index contributed by atoms with van der Waals surface area (Å²) in [4.78, 5) is 7.30. The van der Waals surface area contributed by atoms with Gasteiger partial charge in [0, 0.05) is 18.3 Å². The van der Waals surface area contributed by atoms with Gasteiger partial charge in [-0.2, -0.15) is 0 Å². The number of fused-ring (bicyclic) bond motifs is 1. The second kappa shape index (κ2) is 5.43. The SMILES string of the molecule is CCCN(c1nc2c(cc1C(=N)N)CCCC2)C1CC1. The van der Waals surface area contributed by atoms with Gasteiger partial charge in [0.25, 0.3) is 0 Å². The molecule has 0 aliphatic heterocycles. The topological polar surface area (TPSA) is 66.0 Å². The van der Waals surface area contributed by atoms with Crippen molar-refractivity contribution in [2.24, 2.45) is 5.73 Å². The zero-order valence-electron chi connectivity index (χ0n) is 12.3. The largest absolute Gasteiger partial charge is 0.384 e. The maximum absolute atomic E-state index is 7.89. The molecule has 3 rings (SSSR count). The van der Waals surface area contributed by atoms with Crippen LogP contribution in [-0.4, -0.2) is 23.4 Å². The van der Waals surface area contributed by atoms with Crippen LogP contribution in [0.3, 0.4) is 0 Å². The molecule has 3 N–H and O–H groups in total. The molecule has 2 aliphatic rings. The van der Waals surface area contributed by atoms with Crippen molar-refractivity contribution in [2.45, 2.75) is 57.9 Å². The third kappa shape index (κ3) is 2.51. The van der Waals surface area contributed by atoms with Crippen LogP contribution in [0.2, 0.25) is 0 Å². The number of amidine groups is 1. The minimum absolute atomic E-state index is 0.155. The molecule has 0 bridgehead atoms. The zero-order valence-corrected chi connectivity index (χ0v) is 12.3. The van der Waals surface area contributed by atoms with Crippen molar-refractivity contribution in [3.63, 3.8) is 0 Å². The van der Waals surface area contributed by atoms with Gasteiger partial charge in [-0.1, -0.05) is 6.92 Å². The molecule has 0 saturated heterocycles. The van der Waals surface area contributed by atoms with E-state index in [1.807, 2.05) is 0 Å². The number of hydrogen-bond acceptors (Lipinski definition) is 3. The van der Waals surface area contributed by atoms with Crippen molar-refractivity contribution >= 4 is 11.7 Å². The highest BCUT2D eigenvalue weighted by atomic mass is 15.2. The molecule has 2 aliphatic carbocycles. The average molecular weight is 272 g/mol. The second-order valence-electron chi connectivity index (χ2n) is 6.01. The highest BCUT2D eigenvalue weighted by molar-refractivity contribution is 6.00. The minimum atomic E-state index is 0.155. The number of nitrogens with two attached hydrogens (primary N) is 1. The van der Waals surface area contributed by atoms with Gasteiger partial charge >= 0.3 is 0 Å². The van der Waals surface area contributed by atoms with E-state index in [-0.39, 0.29) is 5.84 Å². The number of anilines is 1. The van der Waals surface area contributed by atoms with Crippen molar-refractivity contribution in [1.29, 1.82) is 5.41 Å². The fourth-order valence-corrected chi connectivity index (χ4v) is 3.13. The van der Waals surface area contributed by atoms with Gasteiger partial charge in [0.05, 0.1) is 5.56 Å². The summed E-state index contributed by atoms with van der Waals surface area (Å²) in [6, 6.07) is 2.74. The highest BCUT2D eigenvalue weighted by Crippen LogP contribution is 2.34. The van der Waals surface area contributed by atoms with Crippen LogP contribution < -0.4 is 10.6 Å². The normalized spacial score (nSPS) is 17.6. The second-order valence-corrected chi connectivity index (χ2v) is 6.01. The number of aryl methyl sites for hydroxylation is 2. The predicted molar refractivity (Wildman–Crippen MR) is 82.6 cm³/mol. The lowest BCUT2D eigenvalue weighted by Crippen LogP contribution is -2.31. The quantitative estimate of drug-likeness (QED) is 0.639. The molecule has 108 valence electrons. The molecule has 1 saturated carbocycles. The lowest BCUT2D eigenvalue weighted by molar-refractivity contribution is 0.661. The number of nitrogens with zero attached hydrogens (tertiary/aromatic N) is 2. The maximum atomic E-state index is 7.89. The Morgan fingerprint density at radius 2 is 2.15 bits per heavy atom. The van der Waals surface area contributed by atoms with Gasteiger partial charge < -0.3 is 10.6 Å². The summed E-state index contributed by atoms with van der Waals surface area (Å²) in [6.07, 6.45) is 8.22. The van der Waals surface area contributed by atoms with Crippen LogP contribution in [0.25, 0.3) is 0 Å². The van der Waals surface area contributed by atoms with E-state index in [0.717, 1.165) is 37.2 Å². The molecular formula is C16H24N4. The molecule has 0 amide bonds. The van der Waals surface area contributed by atoms with Crippen LogP contribution in [0.5, 0.6) is 0 Å². The summed E-state index contributed by atoms with van der Waals surface area (Å²) in [7, 11) is 0. The number of nitrogens with one attached hydrogen (secondary N) is 1. The Labute approximate surface area is 120 Å². The van der Waals surface area contributed by atoms with E-state index in [1.54, 1.807) is 0 Å². The molecular weight excluding hydrogens is 248 g/mol. The Morgan fingerprint density at radius 1 is 1.40 bits per heavy atom. The van der Waals surface area contributed by atoms with E-state index >= 15 is 0 Å². The van der Waals surface area contributed by atoms with E-state index in [0.29, 0.717) is 6.04 Å². The van der Waals surface area contributed by atoms with Crippen LogP contribution >= 0.6 is 0 Å². The fourth-order valence-electron chi connectivity index (χ4n) is 3.13. The first-order valence-electron chi connectivity index (χ1n) is 7.84. The van der Waals surface area contributed by atoms with Crippen LogP contribution in [0.1, 0.15) is 55.8 Å². The molecule has 4 nitrogen and oxygen atoms in total. The number of aromatic nitrogens is 1. The summed E-state index contributed by atoms with van der Waals surface area (Å²) in [6.45, 7) is 3.21. The molecule has 0 radical (unpaired) electrons. The predicted octanol–water partition coefficient (Wildman–Crippen LogP) is 2.62. The molecule has 0 aromatic carbocycles. The maximum Gasteiger partial charge on any atom is 0.140 e. The first kappa shape index (κ1) is 13.4. The van der Waals surface area contributed by atoms with Gasteiger partial charge in [-0.25, -0.2) is 4.98 Å². The van der Waals surface area contributed by atoms with Crippen LogP contribution in [0.15, 0.2) is 6.07 Å². The molecule has 20 heavy (non-hydrogen) atoms. The molecule has 1 fully saturated rings. The molecule has 1 aromatic rings. The van der Waals surface area contributed by atoms with Crippen molar-refractivity contribution < 1.29 is 0 Å². The van der Waals surface area contributed by atoms with E-state index in [9.17, 15) is 0 Å². The van der Waals surface area contributed by atoms with Gasteiger partial charge in [-0.3, -0.25) is 5.41 Å². The monoisotopic (exact) mass is 272 g/mol. The standard InChI is InChI=1S/C16H24N4/c1-2-9-20(12-7-8-12)16-13(15(17)18)10-11-5-3-4-6-14(11)19-16/h10,12H,2-9H2,1H3,(H3,17,18). The Bertz CT molecular complexity index is 519. The highest BCUT2D eigenvalue weighted by Gasteiger charge is 2.32. The average Bonchev–Trinajstić information content (AvgIpc) is 3.28. The summed E-state index contributed by atoms with van der Waals surface area (Å²) in [5.41, 5.74) is 9.20. The van der Waals surface area contributed by atoms with Crippen LogP contribution in [0.4, 0.5) is 5.82 Å². The van der Waals surface area contributed by atoms with Crippen molar-refractivity contribution in [3.05, 3.63) is 22.9 Å². The summed E-state index contributed by atoms with van der Waals surface area (Å²) < 4.78 is 0. The van der Waals surface area contributed by atoms with E-state index < -0.39 is 0 Å². The summed E-state index contributed by atoms with van der Waals surface area (Å²) in [5, 5.41) is 7.89. The minimum Gasteiger partial charge on any atom is -0.384 e. The molecule has 0 atom stereocenters. The zero-order chi connectivity index (χ0) is 14.1. The smallest absolute Gasteiger partial charge is 0.140 e. The van der Waals surface area contributed by atoms with E-state index in [1.165, 1.54) is 36.9 Å². The van der Waals surface area contributed by atoms with Gasteiger partial charge in [0.15, 0.2) is 0 Å². The molecule has 0 spiro atoms. The third-order valence-corrected chi connectivity index (χ3v) is 4.30. The summed E-state index contributed by atoms with van der Waals surface area (Å²) in [5.74, 6) is 1.12. The molecule has 1 aromatic heterocycles. The number of nitrogen functional groups attached to an aromatic ring is 1. The number of hydrogen-bond donors (Lipinski definition) is 2. The lowest BCUT2D eigenvalue weighted by Gasteiger charge is -2.27. The summed E-state index contributed by atoms with van der Waals surface area (Å²) >= 11 is 0. The van der Waals surface area contributed by atoms with E-state index in [4.69, 9.17) is 16.1 Å². The lowest BCUT2D eigenvalue weighted by atomic mass is 9.94. The van der Waals surface area contributed by atoms with E-state index in [2.05, 4.69) is 17.9 Å². The van der Waals surface area contributed by atoms with Gasteiger partial charge in [-0.05, 0) is 56.6 Å². The van der Waals surface area contributed by atoms with Crippen molar-refractivity contribution in [3.8, 4) is 0 Å². The fraction of sp³-hybridized carbons (Fsp3) is 0.625. The van der Waals surface area contributed by atoms with Crippen LogP contribution in [0, 0.1) is 5.41 Å². The Kier molecular flexibility index (Phi) is 3.64. The Hall–Kier alpha value is -1.58. The van der Waals surface area contributed by atoms with Crippen molar-refractivity contribution in [1.82, 2.24) is 4.98 Å². The first-order valence-corrected chi connectivity index (χ1v) is 7.84. The Balaban J connectivity index is 2.04. The van der Waals surface area contributed by atoms with Gasteiger partial charge in [0.1, 0.15) is 11.7 Å². The molecule has 1 heterocycles. The Morgan fingerprint density at radius 3 is 2.80 bits per heavy atom. The number of pyridine rings is 1. The third-order valence-electron chi connectivity index (χ3n) is 4.30. The molecule has 4 heteroatoms.